The van der Waals surface area contributed by atoms with Crippen LogP contribution in [-0.2, 0) is 7.05 Å². The lowest BCUT2D eigenvalue weighted by Crippen LogP contribution is -2.12. The van der Waals surface area contributed by atoms with Gasteiger partial charge in [-0.15, -0.1) is 11.8 Å². The predicted molar refractivity (Wildman–Crippen MR) is 72.3 cm³/mol. The minimum atomic E-state index is -0.0232. The van der Waals surface area contributed by atoms with E-state index in [1.807, 2.05) is 37.5 Å². The molecule has 0 spiro atoms. The quantitative estimate of drug-likeness (QED) is 0.867. The van der Waals surface area contributed by atoms with Gasteiger partial charge in [0, 0.05) is 35.5 Å². The van der Waals surface area contributed by atoms with Gasteiger partial charge in [0.2, 0.25) is 0 Å². The highest BCUT2D eigenvalue weighted by molar-refractivity contribution is 7.99. The van der Waals surface area contributed by atoms with Gasteiger partial charge in [0.1, 0.15) is 0 Å². The molecule has 0 aliphatic carbocycles. The van der Waals surface area contributed by atoms with E-state index in [0.29, 0.717) is 0 Å². The molecular weight excluding hydrogens is 254 g/mol. The van der Waals surface area contributed by atoms with E-state index in [9.17, 15) is 0 Å². The summed E-state index contributed by atoms with van der Waals surface area (Å²) in [4.78, 5) is 1.06. The van der Waals surface area contributed by atoms with Crippen molar-refractivity contribution >= 4 is 23.4 Å². The van der Waals surface area contributed by atoms with Crippen LogP contribution in [0.2, 0.25) is 5.02 Å². The van der Waals surface area contributed by atoms with E-state index in [-0.39, 0.29) is 6.04 Å². The summed E-state index contributed by atoms with van der Waals surface area (Å²) in [6.07, 6.45) is 3.75. The second-order valence-corrected chi connectivity index (χ2v) is 5.26. The number of halogens is 1. The van der Waals surface area contributed by atoms with Gasteiger partial charge in [-0.3, -0.25) is 4.68 Å². The van der Waals surface area contributed by atoms with Crippen LogP contribution >= 0.6 is 23.4 Å². The summed E-state index contributed by atoms with van der Waals surface area (Å²) in [7, 11) is 1.89. The van der Waals surface area contributed by atoms with E-state index in [2.05, 4.69) is 5.10 Å². The molecule has 0 fully saturated rings. The molecule has 1 aromatic carbocycles. The van der Waals surface area contributed by atoms with E-state index in [0.717, 1.165) is 21.2 Å². The fourth-order valence-electron chi connectivity index (χ4n) is 1.47. The molecule has 5 heteroatoms. The van der Waals surface area contributed by atoms with Gasteiger partial charge in [0.15, 0.2) is 0 Å². The minimum Gasteiger partial charge on any atom is -0.323 e. The molecule has 2 rings (SSSR count). The van der Waals surface area contributed by atoms with Gasteiger partial charge >= 0.3 is 0 Å². The Morgan fingerprint density at radius 3 is 2.88 bits per heavy atom. The third-order valence-electron chi connectivity index (χ3n) is 2.41. The molecule has 0 saturated heterocycles. The highest BCUT2D eigenvalue weighted by atomic mass is 35.5. The molecule has 3 nitrogen and oxygen atoms in total. The molecule has 0 aliphatic rings. The van der Waals surface area contributed by atoms with Crippen molar-refractivity contribution in [2.75, 3.05) is 5.75 Å². The van der Waals surface area contributed by atoms with E-state index in [1.54, 1.807) is 22.6 Å². The fourth-order valence-corrected chi connectivity index (χ4v) is 2.70. The molecule has 1 heterocycles. The lowest BCUT2D eigenvalue weighted by molar-refractivity contribution is 0.763. The van der Waals surface area contributed by atoms with E-state index < -0.39 is 0 Å². The lowest BCUT2D eigenvalue weighted by Gasteiger charge is -2.09. The van der Waals surface area contributed by atoms with Crippen LogP contribution in [0, 0.1) is 0 Å². The van der Waals surface area contributed by atoms with Gasteiger partial charge in [-0.1, -0.05) is 23.7 Å². The summed E-state index contributed by atoms with van der Waals surface area (Å²) in [6, 6.07) is 7.77. The second kappa shape index (κ2) is 5.58. The van der Waals surface area contributed by atoms with Crippen LogP contribution < -0.4 is 5.73 Å². The van der Waals surface area contributed by atoms with Crippen molar-refractivity contribution in [3.05, 3.63) is 47.2 Å². The molecule has 2 aromatic rings. The number of thioether (sulfide) groups is 1. The molecule has 0 saturated carbocycles. The molecule has 2 N–H and O–H groups in total. The Labute approximate surface area is 110 Å². The van der Waals surface area contributed by atoms with Crippen molar-refractivity contribution in [3.63, 3.8) is 0 Å². The number of hydrogen-bond acceptors (Lipinski definition) is 3. The van der Waals surface area contributed by atoms with Gasteiger partial charge in [-0.25, -0.2) is 0 Å². The number of rotatable bonds is 4. The van der Waals surface area contributed by atoms with Crippen molar-refractivity contribution in [3.8, 4) is 0 Å². The van der Waals surface area contributed by atoms with Crippen LogP contribution in [0.3, 0.4) is 0 Å². The van der Waals surface area contributed by atoms with Gasteiger partial charge in [-0.05, 0) is 12.1 Å². The van der Waals surface area contributed by atoms with Crippen LogP contribution in [0.15, 0.2) is 41.6 Å². The Balaban J connectivity index is 1.97. The van der Waals surface area contributed by atoms with Gasteiger partial charge < -0.3 is 5.73 Å². The number of nitrogens with two attached hydrogens (primary N) is 1. The third-order valence-corrected chi connectivity index (χ3v) is 4.04. The zero-order valence-corrected chi connectivity index (χ0v) is 11.1. The smallest absolute Gasteiger partial charge is 0.0541 e. The molecule has 1 aromatic heterocycles. The third kappa shape index (κ3) is 3.25. The average Bonchev–Trinajstić information content (AvgIpc) is 2.74. The van der Waals surface area contributed by atoms with Gasteiger partial charge in [0.05, 0.1) is 11.2 Å². The summed E-state index contributed by atoms with van der Waals surface area (Å²) in [5, 5.41) is 4.89. The maximum atomic E-state index is 6.09. The largest absolute Gasteiger partial charge is 0.323 e. The molecular formula is C12H14ClN3S. The number of benzene rings is 1. The first kappa shape index (κ1) is 12.5. The zero-order valence-electron chi connectivity index (χ0n) is 9.51. The maximum Gasteiger partial charge on any atom is 0.0541 e. The van der Waals surface area contributed by atoms with Crippen molar-refractivity contribution in [2.24, 2.45) is 12.8 Å². The monoisotopic (exact) mass is 267 g/mol. The topological polar surface area (TPSA) is 43.8 Å². The van der Waals surface area contributed by atoms with Crippen molar-refractivity contribution < 1.29 is 0 Å². The summed E-state index contributed by atoms with van der Waals surface area (Å²) in [5.74, 6) is 0.787. The Kier molecular flexibility index (Phi) is 4.10. The van der Waals surface area contributed by atoms with Gasteiger partial charge in [-0.2, -0.15) is 5.10 Å². The number of hydrogen-bond donors (Lipinski definition) is 1. The Morgan fingerprint density at radius 2 is 2.24 bits per heavy atom. The highest BCUT2D eigenvalue weighted by Crippen LogP contribution is 2.29. The lowest BCUT2D eigenvalue weighted by atomic mass is 10.2. The molecule has 0 amide bonds. The molecule has 90 valence electrons. The van der Waals surface area contributed by atoms with E-state index in [1.165, 1.54) is 0 Å². The molecule has 1 unspecified atom stereocenters. The first-order valence-electron chi connectivity index (χ1n) is 5.28. The minimum absolute atomic E-state index is 0.0232. The average molecular weight is 268 g/mol. The summed E-state index contributed by atoms with van der Waals surface area (Å²) in [6.45, 7) is 0. The summed E-state index contributed by atoms with van der Waals surface area (Å²) >= 11 is 7.74. The van der Waals surface area contributed by atoms with Crippen molar-refractivity contribution in [1.82, 2.24) is 9.78 Å². The van der Waals surface area contributed by atoms with E-state index >= 15 is 0 Å². The van der Waals surface area contributed by atoms with Crippen LogP contribution in [0.4, 0.5) is 0 Å². The molecule has 17 heavy (non-hydrogen) atoms. The predicted octanol–water partition coefficient (Wildman–Crippen LogP) is 2.87. The fraction of sp³-hybridized carbons (Fsp3) is 0.250. The van der Waals surface area contributed by atoms with Crippen LogP contribution in [0.5, 0.6) is 0 Å². The maximum absolute atomic E-state index is 6.09. The normalized spacial score (nSPS) is 12.6. The Morgan fingerprint density at radius 1 is 1.47 bits per heavy atom. The first-order chi connectivity index (χ1) is 8.16. The second-order valence-electron chi connectivity index (χ2n) is 3.80. The van der Waals surface area contributed by atoms with Crippen molar-refractivity contribution in [1.29, 1.82) is 0 Å². The number of aryl methyl sites for hydroxylation is 1. The Hall–Kier alpha value is -0.970. The molecule has 1 atom stereocenters. The van der Waals surface area contributed by atoms with Crippen molar-refractivity contribution in [2.45, 2.75) is 10.9 Å². The van der Waals surface area contributed by atoms with Crippen LogP contribution in [-0.4, -0.2) is 15.5 Å². The van der Waals surface area contributed by atoms with Crippen LogP contribution in [0.1, 0.15) is 11.6 Å². The SMILES string of the molecule is Cn1cc(C(N)CSc2ccccc2Cl)cn1. The standard InChI is InChI=1S/C12H14ClN3S/c1-16-7-9(6-15-16)11(14)8-17-12-5-3-2-4-10(12)13/h2-7,11H,8,14H2,1H3. The summed E-state index contributed by atoms with van der Waals surface area (Å²) < 4.78 is 1.76. The van der Waals surface area contributed by atoms with E-state index in [4.69, 9.17) is 17.3 Å². The summed E-state index contributed by atoms with van der Waals surface area (Å²) in [5.41, 5.74) is 7.14. The number of nitrogens with zero attached hydrogens (tertiary/aromatic N) is 2. The van der Waals surface area contributed by atoms with Gasteiger partial charge in [0.25, 0.3) is 0 Å². The number of aromatic nitrogens is 2. The van der Waals surface area contributed by atoms with Crippen LogP contribution in [0.25, 0.3) is 0 Å². The highest BCUT2D eigenvalue weighted by Gasteiger charge is 2.09. The molecule has 0 aliphatic heterocycles. The zero-order chi connectivity index (χ0) is 12.3. The molecule has 0 radical (unpaired) electrons. The molecule has 0 bridgehead atoms. The Bertz CT molecular complexity index is 498. The first-order valence-corrected chi connectivity index (χ1v) is 6.64.